The molecule has 0 saturated carbocycles. The van der Waals surface area contributed by atoms with E-state index in [2.05, 4.69) is 10.6 Å². The molecule has 0 aromatic heterocycles. The molecular weight excluding hydrogens is 599 g/mol. The van der Waals surface area contributed by atoms with Crippen molar-refractivity contribution in [2.45, 2.75) is 11.1 Å². The zero-order valence-electron chi connectivity index (χ0n) is 18.1. The monoisotopic (exact) mass is 610 g/mol. The smallest absolute Gasteiger partial charge is 0.418 e. The Morgan fingerprint density at radius 1 is 0.811 bits per heavy atom. The lowest BCUT2D eigenvalue weighted by atomic mass is 10.1. The maximum atomic E-state index is 13.1. The number of nitrogens with one attached hydrogen (secondary N) is 2. The highest BCUT2D eigenvalue weighted by Gasteiger charge is 2.33. The minimum absolute atomic E-state index is 0.183. The van der Waals surface area contributed by atoms with Gasteiger partial charge in [0.2, 0.25) is 5.91 Å². The fraction of sp³-hybridized carbons (Fsp3) is 0.0870. The van der Waals surface area contributed by atoms with Crippen LogP contribution in [-0.4, -0.2) is 28.6 Å². The van der Waals surface area contributed by atoms with Crippen LogP contribution in [0.5, 0.6) is 0 Å². The number of anilines is 2. The van der Waals surface area contributed by atoms with Crippen molar-refractivity contribution in [1.29, 1.82) is 0 Å². The lowest BCUT2D eigenvalue weighted by molar-refractivity contribution is -0.137. The summed E-state index contributed by atoms with van der Waals surface area (Å²) in [5.41, 5.74) is -2.16. The summed E-state index contributed by atoms with van der Waals surface area (Å²) in [6.45, 7) is 0. The second-order valence-electron chi connectivity index (χ2n) is 7.17. The van der Waals surface area contributed by atoms with E-state index in [1.165, 1.54) is 24.3 Å². The number of hydrogen-bond acceptors (Lipinski definition) is 4. The Morgan fingerprint density at radius 3 is 1.95 bits per heavy atom. The number of carboxylic acids is 1. The molecule has 3 aromatic rings. The number of carboxylic acid groups (broad SMARTS) is 1. The van der Waals surface area contributed by atoms with Gasteiger partial charge in [0.15, 0.2) is 0 Å². The Bertz CT molecular complexity index is 1390. The number of amides is 2. The summed E-state index contributed by atoms with van der Waals surface area (Å²) in [5.74, 6) is -3.28. The number of para-hydroxylation sites is 1. The number of benzene rings is 3. The first kappa shape index (κ1) is 28.9. The molecule has 0 heterocycles. The maximum Gasteiger partial charge on any atom is 0.418 e. The largest absolute Gasteiger partial charge is 0.478 e. The first-order valence-electron chi connectivity index (χ1n) is 9.90. The van der Waals surface area contributed by atoms with E-state index in [1.807, 2.05) is 0 Å². The van der Waals surface area contributed by atoms with Crippen LogP contribution in [0.4, 0.5) is 24.5 Å². The molecule has 0 saturated heterocycles. The molecule has 0 fully saturated rings. The van der Waals surface area contributed by atoms with E-state index in [0.717, 1.165) is 23.9 Å². The number of carbonyl (C=O) groups is 3. The molecule has 3 rings (SSSR count). The lowest BCUT2D eigenvalue weighted by Crippen LogP contribution is -2.18. The van der Waals surface area contributed by atoms with Crippen LogP contribution in [0.15, 0.2) is 53.4 Å². The summed E-state index contributed by atoms with van der Waals surface area (Å²) >= 11 is 24.9. The van der Waals surface area contributed by atoms with Gasteiger partial charge in [0.25, 0.3) is 5.91 Å². The van der Waals surface area contributed by atoms with Crippen LogP contribution in [0.25, 0.3) is 0 Å². The second-order valence-corrected chi connectivity index (χ2v) is 9.73. The second kappa shape index (κ2) is 11.8. The van der Waals surface area contributed by atoms with Crippen LogP contribution in [0.1, 0.15) is 26.3 Å². The lowest BCUT2D eigenvalue weighted by Gasteiger charge is -2.14. The minimum atomic E-state index is -4.62. The molecule has 0 radical (unpaired) electrons. The van der Waals surface area contributed by atoms with Gasteiger partial charge in [0.1, 0.15) is 0 Å². The molecule has 3 aromatic carbocycles. The van der Waals surface area contributed by atoms with Gasteiger partial charge in [0.05, 0.1) is 48.2 Å². The summed E-state index contributed by atoms with van der Waals surface area (Å²) < 4.78 is 39.3. The van der Waals surface area contributed by atoms with Gasteiger partial charge in [0, 0.05) is 10.6 Å². The highest BCUT2D eigenvalue weighted by Crippen LogP contribution is 2.42. The Kier molecular flexibility index (Phi) is 9.25. The number of carbonyl (C=O) groups excluding carboxylic acids is 2. The molecule has 0 spiro atoms. The van der Waals surface area contributed by atoms with Crippen molar-refractivity contribution >= 4 is 87.3 Å². The molecule has 0 aliphatic heterocycles. The van der Waals surface area contributed by atoms with Crippen molar-refractivity contribution in [3.63, 3.8) is 0 Å². The zero-order valence-corrected chi connectivity index (χ0v) is 21.9. The van der Waals surface area contributed by atoms with E-state index >= 15 is 0 Å². The zero-order chi connectivity index (χ0) is 27.5. The van der Waals surface area contributed by atoms with Crippen molar-refractivity contribution in [3.8, 4) is 0 Å². The van der Waals surface area contributed by atoms with E-state index in [9.17, 15) is 32.7 Å². The van der Waals surface area contributed by atoms with Gasteiger partial charge in [-0.1, -0.05) is 58.5 Å². The molecule has 14 heteroatoms. The number of halogens is 7. The highest BCUT2D eigenvalue weighted by atomic mass is 35.5. The Morgan fingerprint density at radius 2 is 1.38 bits per heavy atom. The third-order valence-electron chi connectivity index (χ3n) is 4.70. The number of aromatic carboxylic acids is 1. The van der Waals surface area contributed by atoms with Crippen molar-refractivity contribution in [2.75, 3.05) is 16.4 Å². The maximum absolute atomic E-state index is 13.1. The third-order valence-corrected chi connectivity index (χ3v) is 7.51. The number of thioether (sulfide) groups is 1. The van der Waals surface area contributed by atoms with Gasteiger partial charge in [-0.3, -0.25) is 9.59 Å². The average molecular weight is 612 g/mol. The van der Waals surface area contributed by atoms with Crippen molar-refractivity contribution in [2.24, 2.45) is 0 Å². The molecular formula is C23H13Cl4F3N2O4S. The normalized spacial score (nSPS) is 11.2. The van der Waals surface area contributed by atoms with Gasteiger partial charge in [-0.05, 0) is 36.4 Å². The van der Waals surface area contributed by atoms with Gasteiger partial charge in [-0.2, -0.15) is 13.2 Å². The van der Waals surface area contributed by atoms with E-state index in [1.54, 1.807) is 12.1 Å². The first-order valence-corrected chi connectivity index (χ1v) is 12.4. The predicted molar refractivity (Wildman–Crippen MR) is 139 cm³/mol. The van der Waals surface area contributed by atoms with Gasteiger partial charge >= 0.3 is 12.1 Å². The Balaban J connectivity index is 1.68. The molecule has 37 heavy (non-hydrogen) atoms. The van der Waals surface area contributed by atoms with E-state index in [0.29, 0.717) is 4.90 Å². The van der Waals surface area contributed by atoms with E-state index in [4.69, 9.17) is 46.4 Å². The molecule has 0 bridgehead atoms. The molecule has 2 amide bonds. The van der Waals surface area contributed by atoms with Gasteiger partial charge < -0.3 is 15.7 Å². The molecule has 194 valence electrons. The average Bonchev–Trinajstić information content (AvgIpc) is 2.83. The van der Waals surface area contributed by atoms with Crippen LogP contribution >= 0.6 is 58.2 Å². The highest BCUT2D eigenvalue weighted by molar-refractivity contribution is 8.00. The predicted octanol–water partition coefficient (Wildman–Crippen LogP) is 8.00. The minimum Gasteiger partial charge on any atom is -0.478 e. The first-order chi connectivity index (χ1) is 17.3. The summed E-state index contributed by atoms with van der Waals surface area (Å²) in [6, 6.07) is 10.6. The summed E-state index contributed by atoms with van der Waals surface area (Å²) in [6.07, 6.45) is -4.62. The summed E-state index contributed by atoms with van der Waals surface area (Å²) in [5, 5.41) is 12.8. The fourth-order valence-electron chi connectivity index (χ4n) is 3.05. The molecule has 0 unspecified atom stereocenters. The Labute approximate surface area is 232 Å². The summed E-state index contributed by atoms with van der Waals surface area (Å²) in [4.78, 5) is 37.2. The molecule has 0 aliphatic carbocycles. The standard InChI is InChI=1S/C23H13Cl4F3N2O4S/c24-17-15(16(22(35)36)18(25)20(27)19(17)26)21(34)31-10-5-7-11(8-6-10)37-9-14(33)32-13-4-2-1-3-12(13)23(28,29)30/h1-8H,9H2,(H,31,34)(H,32,33)(H,35,36). The number of rotatable bonds is 7. The van der Waals surface area contributed by atoms with Crippen molar-refractivity contribution in [3.05, 3.63) is 85.3 Å². The molecule has 3 N–H and O–H groups in total. The van der Waals surface area contributed by atoms with Crippen LogP contribution < -0.4 is 10.6 Å². The van der Waals surface area contributed by atoms with Crippen molar-refractivity contribution in [1.82, 2.24) is 0 Å². The quantitative estimate of drug-likeness (QED) is 0.143. The molecule has 0 aliphatic rings. The van der Waals surface area contributed by atoms with Gasteiger partial charge in [-0.15, -0.1) is 11.8 Å². The number of alkyl halides is 3. The van der Waals surface area contributed by atoms with Gasteiger partial charge in [-0.25, -0.2) is 4.79 Å². The summed E-state index contributed by atoms with van der Waals surface area (Å²) in [7, 11) is 0. The van der Waals surface area contributed by atoms with Crippen LogP contribution in [0, 0.1) is 0 Å². The van der Waals surface area contributed by atoms with Crippen LogP contribution in [-0.2, 0) is 11.0 Å². The van der Waals surface area contributed by atoms with E-state index < -0.39 is 50.7 Å². The molecule has 6 nitrogen and oxygen atoms in total. The van der Waals surface area contributed by atoms with E-state index in [-0.39, 0.29) is 27.2 Å². The Hall–Kier alpha value is -2.63. The van der Waals surface area contributed by atoms with Crippen LogP contribution in [0.3, 0.4) is 0 Å². The SMILES string of the molecule is O=C(CSc1ccc(NC(=O)c2c(Cl)c(Cl)c(Cl)c(Cl)c2C(=O)O)cc1)Nc1ccccc1C(F)(F)F. The fourth-order valence-corrected chi connectivity index (χ4v) is 4.77. The topological polar surface area (TPSA) is 95.5 Å². The number of hydrogen-bond donors (Lipinski definition) is 3. The van der Waals surface area contributed by atoms with Crippen molar-refractivity contribution < 1.29 is 32.7 Å². The van der Waals surface area contributed by atoms with Crippen LogP contribution in [0.2, 0.25) is 20.1 Å². The molecule has 0 atom stereocenters. The third kappa shape index (κ3) is 6.82.